The molecule has 0 radical (unpaired) electrons. The van der Waals surface area contributed by atoms with Crippen LogP contribution >= 0.6 is 0 Å². The summed E-state index contributed by atoms with van der Waals surface area (Å²) < 4.78 is 40.7. The van der Waals surface area contributed by atoms with Gasteiger partial charge in [0.1, 0.15) is 5.54 Å². The number of esters is 1. The number of carbonyl (C=O) groups excluding carboxylic acids is 1. The van der Waals surface area contributed by atoms with Gasteiger partial charge in [-0.15, -0.1) is 0 Å². The van der Waals surface area contributed by atoms with Gasteiger partial charge in [0.15, 0.2) is 0 Å². The van der Waals surface area contributed by atoms with Crippen molar-refractivity contribution in [1.82, 2.24) is 5.32 Å². The van der Waals surface area contributed by atoms with Crippen LogP contribution in [0.3, 0.4) is 0 Å². The first-order chi connectivity index (χ1) is 6.90. The second kappa shape index (κ2) is 4.38. The first kappa shape index (κ1) is 12.3. The van der Waals surface area contributed by atoms with Crippen LogP contribution in [0.15, 0.2) is 0 Å². The van der Waals surface area contributed by atoms with Crippen molar-refractivity contribution in [2.45, 2.75) is 37.9 Å². The minimum atomic E-state index is -4.30. The molecule has 0 spiro atoms. The topological polar surface area (TPSA) is 38.3 Å². The Morgan fingerprint density at radius 1 is 1.47 bits per heavy atom. The van der Waals surface area contributed by atoms with Crippen molar-refractivity contribution in [3.8, 4) is 0 Å². The molecule has 6 heteroatoms. The molecule has 1 saturated carbocycles. The second-order valence-corrected chi connectivity index (χ2v) is 3.62. The van der Waals surface area contributed by atoms with Crippen molar-refractivity contribution in [1.29, 1.82) is 0 Å². The van der Waals surface area contributed by atoms with Crippen molar-refractivity contribution in [2.75, 3.05) is 13.2 Å². The molecule has 0 aliphatic heterocycles. The molecule has 0 unspecified atom stereocenters. The highest BCUT2D eigenvalue weighted by molar-refractivity contribution is 5.82. The van der Waals surface area contributed by atoms with Gasteiger partial charge in [0.05, 0.1) is 13.2 Å². The number of halogens is 3. The van der Waals surface area contributed by atoms with Gasteiger partial charge in [0.25, 0.3) is 0 Å². The molecule has 1 aliphatic rings. The molecule has 1 rings (SSSR count). The van der Waals surface area contributed by atoms with Crippen molar-refractivity contribution < 1.29 is 22.7 Å². The molecule has 0 atom stereocenters. The van der Waals surface area contributed by atoms with Gasteiger partial charge in [0, 0.05) is 0 Å². The minimum Gasteiger partial charge on any atom is -0.465 e. The maximum Gasteiger partial charge on any atom is 0.401 e. The summed E-state index contributed by atoms with van der Waals surface area (Å²) >= 11 is 0. The highest BCUT2D eigenvalue weighted by Crippen LogP contribution is 2.33. The van der Waals surface area contributed by atoms with E-state index in [9.17, 15) is 18.0 Å². The van der Waals surface area contributed by atoms with E-state index in [0.717, 1.165) is 6.42 Å². The lowest BCUT2D eigenvalue weighted by Crippen LogP contribution is -2.59. The molecule has 0 amide bonds. The third kappa shape index (κ3) is 3.09. The Kier molecular flexibility index (Phi) is 3.59. The molecule has 1 fully saturated rings. The smallest absolute Gasteiger partial charge is 0.401 e. The van der Waals surface area contributed by atoms with Gasteiger partial charge in [0.2, 0.25) is 0 Å². The SMILES string of the molecule is CCOC(=O)C1(NCC(F)(F)F)CCC1. The lowest BCUT2D eigenvalue weighted by atomic mass is 9.76. The van der Waals surface area contributed by atoms with Crippen LogP contribution in [0.25, 0.3) is 0 Å². The summed E-state index contributed by atoms with van der Waals surface area (Å²) in [5, 5.41) is 2.26. The van der Waals surface area contributed by atoms with E-state index in [1.54, 1.807) is 6.92 Å². The number of hydrogen-bond donors (Lipinski definition) is 1. The Labute approximate surface area is 86.0 Å². The Morgan fingerprint density at radius 3 is 2.40 bits per heavy atom. The largest absolute Gasteiger partial charge is 0.465 e. The van der Waals surface area contributed by atoms with E-state index in [1.807, 2.05) is 0 Å². The van der Waals surface area contributed by atoms with E-state index in [4.69, 9.17) is 4.74 Å². The predicted molar refractivity (Wildman–Crippen MR) is 47.3 cm³/mol. The molecule has 3 nitrogen and oxygen atoms in total. The summed E-state index contributed by atoms with van der Waals surface area (Å²) in [5.74, 6) is -0.569. The van der Waals surface area contributed by atoms with Gasteiger partial charge in [-0.3, -0.25) is 10.1 Å². The summed E-state index contributed by atoms with van der Waals surface area (Å²) in [6.45, 7) is 0.675. The van der Waals surface area contributed by atoms with E-state index in [0.29, 0.717) is 12.8 Å². The van der Waals surface area contributed by atoms with Crippen LogP contribution in [-0.2, 0) is 9.53 Å². The fourth-order valence-corrected chi connectivity index (χ4v) is 1.52. The van der Waals surface area contributed by atoms with Crippen LogP contribution in [-0.4, -0.2) is 30.8 Å². The summed E-state index contributed by atoms with van der Waals surface area (Å²) in [6, 6.07) is 0. The fourth-order valence-electron chi connectivity index (χ4n) is 1.52. The van der Waals surface area contributed by atoms with Gasteiger partial charge >= 0.3 is 12.1 Å². The minimum absolute atomic E-state index is 0.189. The second-order valence-electron chi connectivity index (χ2n) is 3.62. The highest BCUT2D eigenvalue weighted by Gasteiger charge is 2.47. The van der Waals surface area contributed by atoms with Crippen LogP contribution in [0.1, 0.15) is 26.2 Å². The lowest BCUT2D eigenvalue weighted by molar-refractivity contribution is -0.160. The molecular formula is C9H14F3NO2. The van der Waals surface area contributed by atoms with E-state index in [1.165, 1.54) is 0 Å². The molecule has 0 aromatic rings. The Bertz CT molecular complexity index is 236. The summed E-state index contributed by atoms with van der Waals surface area (Å²) in [7, 11) is 0. The maximum absolute atomic E-state index is 12.0. The zero-order valence-electron chi connectivity index (χ0n) is 8.49. The van der Waals surface area contributed by atoms with E-state index in [2.05, 4.69) is 5.32 Å². The molecule has 0 saturated heterocycles. The zero-order valence-corrected chi connectivity index (χ0v) is 8.49. The standard InChI is InChI=1S/C9H14F3NO2/c1-2-15-7(14)8(4-3-5-8)13-6-9(10,11)12/h13H,2-6H2,1H3. The van der Waals surface area contributed by atoms with Gasteiger partial charge < -0.3 is 4.74 Å². The van der Waals surface area contributed by atoms with Crippen molar-refractivity contribution >= 4 is 5.97 Å². The lowest BCUT2D eigenvalue weighted by Gasteiger charge is -2.40. The van der Waals surface area contributed by atoms with Crippen LogP contribution in [0, 0.1) is 0 Å². The van der Waals surface area contributed by atoms with Gasteiger partial charge in [-0.1, -0.05) is 0 Å². The predicted octanol–water partition coefficient (Wildman–Crippen LogP) is 1.62. The van der Waals surface area contributed by atoms with Gasteiger partial charge in [-0.05, 0) is 26.2 Å². The summed E-state index contributed by atoms with van der Waals surface area (Å²) in [4.78, 5) is 11.4. The molecule has 0 aromatic heterocycles. The monoisotopic (exact) mass is 225 g/mol. The number of carbonyl (C=O) groups is 1. The van der Waals surface area contributed by atoms with Crippen LogP contribution in [0.5, 0.6) is 0 Å². The number of hydrogen-bond acceptors (Lipinski definition) is 3. The molecule has 0 heterocycles. The average molecular weight is 225 g/mol. The third-order valence-corrected chi connectivity index (χ3v) is 2.50. The highest BCUT2D eigenvalue weighted by atomic mass is 19.4. The number of nitrogens with one attached hydrogen (secondary N) is 1. The van der Waals surface area contributed by atoms with Gasteiger partial charge in [-0.25, -0.2) is 0 Å². The summed E-state index contributed by atoms with van der Waals surface area (Å²) in [5.41, 5.74) is -1.09. The Balaban J connectivity index is 2.50. The Morgan fingerprint density at radius 2 is 2.07 bits per heavy atom. The number of ether oxygens (including phenoxy) is 1. The molecule has 0 bridgehead atoms. The first-order valence-electron chi connectivity index (χ1n) is 4.89. The summed E-state index contributed by atoms with van der Waals surface area (Å²) in [6.07, 6.45) is -2.71. The molecular weight excluding hydrogens is 211 g/mol. The van der Waals surface area contributed by atoms with Crippen LogP contribution in [0.2, 0.25) is 0 Å². The van der Waals surface area contributed by atoms with Crippen molar-refractivity contribution in [2.24, 2.45) is 0 Å². The fraction of sp³-hybridized carbons (Fsp3) is 0.889. The zero-order chi connectivity index (χ0) is 11.5. The molecule has 0 aromatic carbocycles. The van der Waals surface area contributed by atoms with E-state index in [-0.39, 0.29) is 6.61 Å². The van der Waals surface area contributed by atoms with Crippen LogP contribution < -0.4 is 5.32 Å². The Hall–Kier alpha value is -0.780. The average Bonchev–Trinajstić information content (AvgIpc) is 2.00. The normalized spacial score (nSPS) is 19.5. The van der Waals surface area contributed by atoms with Crippen LogP contribution in [0.4, 0.5) is 13.2 Å². The third-order valence-electron chi connectivity index (χ3n) is 2.50. The number of alkyl halides is 3. The molecule has 1 aliphatic carbocycles. The molecule has 15 heavy (non-hydrogen) atoms. The maximum atomic E-state index is 12.0. The van der Waals surface area contributed by atoms with Gasteiger partial charge in [-0.2, -0.15) is 13.2 Å². The van der Waals surface area contributed by atoms with E-state index < -0.39 is 24.2 Å². The first-order valence-corrected chi connectivity index (χ1v) is 4.89. The number of rotatable bonds is 4. The van der Waals surface area contributed by atoms with E-state index >= 15 is 0 Å². The van der Waals surface area contributed by atoms with Crippen molar-refractivity contribution in [3.05, 3.63) is 0 Å². The van der Waals surface area contributed by atoms with Crippen molar-refractivity contribution in [3.63, 3.8) is 0 Å². The molecule has 1 N–H and O–H groups in total. The quantitative estimate of drug-likeness (QED) is 0.739. The molecule has 88 valence electrons.